The van der Waals surface area contributed by atoms with Gasteiger partial charge in [-0.2, -0.15) is 0 Å². The minimum Gasteiger partial charge on any atom is -0.334 e. The monoisotopic (exact) mass is 762 g/mol. The van der Waals surface area contributed by atoms with E-state index in [1.54, 1.807) is 27.9 Å². The van der Waals surface area contributed by atoms with Gasteiger partial charge in [0.2, 0.25) is 0 Å². The lowest BCUT2D eigenvalue weighted by atomic mass is 9.61. The van der Waals surface area contributed by atoms with Gasteiger partial charge in [0, 0.05) is 45.7 Å². The van der Waals surface area contributed by atoms with E-state index in [4.69, 9.17) is 0 Å². The zero-order valence-electron chi connectivity index (χ0n) is 33.7. The van der Waals surface area contributed by atoms with Gasteiger partial charge in [-0.25, -0.2) is 0 Å². The molecule has 4 aromatic rings. The van der Waals surface area contributed by atoms with Gasteiger partial charge in [-0.15, -0.1) is 0 Å². The summed E-state index contributed by atoms with van der Waals surface area (Å²) >= 11 is 0. The Morgan fingerprint density at radius 2 is 1.17 bits per heavy atom. The smallest absolute Gasteiger partial charge is 0.0634 e. The molecule has 0 saturated heterocycles. The molecule has 2 heteroatoms. The molecule has 0 bridgehead atoms. The fourth-order valence-corrected chi connectivity index (χ4v) is 12.5. The Kier molecular flexibility index (Phi) is 8.29. The predicted molar refractivity (Wildman–Crippen MR) is 246 cm³/mol. The Balaban J connectivity index is 1.06. The van der Waals surface area contributed by atoms with Crippen molar-refractivity contribution in [2.45, 2.75) is 69.2 Å². The fraction of sp³-hybridized carbons (Fsp3) is 0.228. The molecule has 8 aliphatic carbocycles. The normalized spacial score (nSPS) is 25.8. The summed E-state index contributed by atoms with van der Waals surface area (Å²) in [5.41, 5.74) is 21.7. The highest BCUT2D eigenvalue weighted by atomic mass is 15.2. The summed E-state index contributed by atoms with van der Waals surface area (Å²) in [6.07, 6.45) is 37.1. The third kappa shape index (κ3) is 5.24. The number of hydrogen-bond donors (Lipinski definition) is 0. The Hall–Kier alpha value is -6.12. The molecule has 288 valence electrons. The van der Waals surface area contributed by atoms with Crippen LogP contribution in [0.4, 0.5) is 22.7 Å². The molecule has 0 radical (unpaired) electrons. The minimum absolute atomic E-state index is 0.211. The molecule has 0 aromatic heterocycles. The first-order valence-corrected chi connectivity index (χ1v) is 22.2. The van der Waals surface area contributed by atoms with Crippen molar-refractivity contribution in [2.24, 2.45) is 11.8 Å². The Morgan fingerprint density at radius 1 is 0.542 bits per heavy atom. The van der Waals surface area contributed by atoms with Crippen LogP contribution >= 0.6 is 0 Å². The molecule has 0 saturated carbocycles. The molecule has 4 atom stereocenters. The lowest BCUT2D eigenvalue weighted by Crippen LogP contribution is -2.39. The molecule has 4 unspecified atom stereocenters. The number of anilines is 4. The second kappa shape index (κ2) is 14.0. The van der Waals surface area contributed by atoms with E-state index in [0.717, 1.165) is 51.4 Å². The number of rotatable bonds is 6. The molecule has 12 rings (SSSR count). The van der Waals surface area contributed by atoms with E-state index in [9.17, 15) is 0 Å². The summed E-state index contributed by atoms with van der Waals surface area (Å²) < 4.78 is 0. The summed E-state index contributed by atoms with van der Waals surface area (Å²) in [5, 5.41) is 0. The summed E-state index contributed by atoms with van der Waals surface area (Å²) in [5.74, 6) is 0.474. The minimum atomic E-state index is -0.211. The van der Waals surface area contributed by atoms with E-state index >= 15 is 0 Å². The van der Waals surface area contributed by atoms with Crippen molar-refractivity contribution >= 4 is 28.3 Å². The Morgan fingerprint density at radius 3 is 1.92 bits per heavy atom. The van der Waals surface area contributed by atoms with Crippen molar-refractivity contribution in [1.82, 2.24) is 0 Å². The fourth-order valence-electron chi connectivity index (χ4n) is 12.5. The summed E-state index contributed by atoms with van der Waals surface area (Å²) in [6, 6.07) is 41.2. The molecular formula is C57H50N2. The van der Waals surface area contributed by atoms with Gasteiger partial charge >= 0.3 is 0 Å². The zero-order chi connectivity index (χ0) is 38.9. The first kappa shape index (κ1) is 34.9. The summed E-state index contributed by atoms with van der Waals surface area (Å²) in [4.78, 5) is 5.26. The molecule has 2 nitrogen and oxygen atoms in total. The van der Waals surface area contributed by atoms with Crippen molar-refractivity contribution in [1.29, 1.82) is 0 Å². The van der Waals surface area contributed by atoms with Crippen LogP contribution in [-0.4, -0.2) is 6.04 Å². The maximum Gasteiger partial charge on any atom is 0.0634 e. The van der Waals surface area contributed by atoms with Crippen LogP contribution in [0.2, 0.25) is 0 Å². The molecule has 1 spiro atoms. The lowest BCUT2D eigenvalue weighted by Gasteiger charge is -2.44. The zero-order valence-corrected chi connectivity index (χ0v) is 33.7. The van der Waals surface area contributed by atoms with Crippen LogP contribution < -0.4 is 9.80 Å². The van der Waals surface area contributed by atoms with Gasteiger partial charge in [0.05, 0.1) is 6.04 Å². The number of fused-ring (bicyclic) bond motifs is 9. The molecule has 59 heavy (non-hydrogen) atoms. The molecular weight excluding hydrogens is 713 g/mol. The van der Waals surface area contributed by atoms with Gasteiger partial charge in [-0.1, -0.05) is 127 Å². The SMILES string of the molecule is C1=CC2C(C(N(c3ccccc3)c3ccccc3)=C1)C1=C(CCC=C1)C21C2=C(C=CCC2)c2ccc(N(c3ccccc3)C3CC4=C(CCC=C4)C4=C3C=CCC4)cc21. The van der Waals surface area contributed by atoms with Gasteiger partial charge in [-0.3, -0.25) is 0 Å². The number of nitrogens with zero attached hydrogens (tertiary/aromatic N) is 2. The highest BCUT2D eigenvalue weighted by molar-refractivity contribution is 5.92. The van der Waals surface area contributed by atoms with Crippen LogP contribution in [0, 0.1) is 11.8 Å². The standard InChI is InChI=1S/C57H50N2/c1-4-20-40(21-5-1)58(41-22-6-2-7-23-41)54-34-18-33-52-56(54)49-30-15-17-32-51(49)57(52)50-31-16-14-28-46(50)47-36-35-43(38-53(47)57)59(42-24-8-3-9-25-42)55-37-39-19-10-11-26-44(39)45-27-12-13-29-48(45)55/h1-10,13-15,18-25,28-30,33-36,38,52,55-56H,11-12,16-17,26-27,31-32,37H2. The molecule has 0 N–H and O–H groups in total. The van der Waals surface area contributed by atoms with E-state index in [-0.39, 0.29) is 23.3 Å². The Labute approximate surface area is 349 Å². The number of benzene rings is 4. The van der Waals surface area contributed by atoms with E-state index < -0.39 is 0 Å². The van der Waals surface area contributed by atoms with Gasteiger partial charge in [-0.05, 0) is 163 Å². The average molecular weight is 763 g/mol. The lowest BCUT2D eigenvalue weighted by molar-refractivity contribution is 0.394. The van der Waals surface area contributed by atoms with E-state index in [1.807, 2.05) is 0 Å². The van der Waals surface area contributed by atoms with Gasteiger partial charge < -0.3 is 9.80 Å². The van der Waals surface area contributed by atoms with Crippen molar-refractivity contribution in [3.63, 3.8) is 0 Å². The summed E-state index contributed by atoms with van der Waals surface area (Å²) in [7, 11) is 0. The summed E-state index contributed by atoms with van der Waals surface area (Å²) in [6.45, 7) is 0. The van der Waals surface area contributed by atoms with Crippen LogP contribution in [-0.2, 0) is 5.41 Å². The third-order valence-corrected chi connectivity index (χ3v) is 14.7. The van der Waals surface area contributed by atoms with Crippen LogP contribution in [0.5, 0.6) is 0 Å². The van der Waals surface area contributed by atoms with Gasteiger partial charge in [0.25, 0.3) is 0 Å². The van der Waals surface area contributed by atoms with Crippen molar-refractivity contribution < 1.29 is 0 Å². The number of para-hydroxylation sites is 3. The molecule has 0 fully saturated rings. The molecule has 8 aliphatic rings. The van der Waals surface area contributed by atoms with Crippen LogP contribution in [0.1, 0.15) is 68.9 Å². The van der Waals surface area contributed by atoms with Crippen LogP contribution in [0.15, 0.2) is 221 Å². The second-order valence-corrected chi connectivity index (χ2v) is 17.5. The average Bonchev–Trinajstić information content (AvgIpc) is 3.78. The van der Waals surface area contributed by atoms with Crippen LogP contribution in [0.25, 0.3) is 5.57 Å². The number of hydrogen-bond acceptors (Lipinski definition) is 2. The van der Waals surface area contributed by atoms with Crippen molar-refractivity contribution in [3.8, 4) is 0 Å². The molecule has 4 aromatic carbocycles. The van der Waals surface area contributed by atoms with E-state index in [1.165, 1.54) is 62.7 Å². The van der Waals surface area contributed by atoms with Crippen molar-refractivity contribution in [3.05, 3.63) is 232 Å². The first-order chi connectivity index (χ1) is 29.3. The third-order valence-electron chi connectivity index (χ3n) is 14.7. The molecule has 0 heterocycles. The van der Waals surface area contributed by atoms with E-state index in [2.05, 4.69) is 186 Å². The van der Waals surface area contributed by atoms with Gasteiger partial charge in [0.15, 0.2) is 0 Å². The predicted octanol–water partition coefficient (Wildman–Crippen LogP) is 14.4. The Bertz CT molecular complexity index is 2650. The topological polar surface area (TPSA) is 6.48 Å². The molecule has 0 amide bonds. The molecule has 0 aliphatic heterocycles. The van der Waals surface area contributed by atoms with Crippen LogP contribution in [0.3, 0.4) is 0 Å². The second-order valence-electron chi connectivity index (χ2n) is 17.5. The quantitative estimate of drug-likeness (QED) is 0.193. The van der Waals surface area contributed by atoms with Crippen molar-refractivity contribution in [2.75, 3.05) is 9.80 Å². The largest absolute Gasteiger partial charge is 0.334 e. The van der Waals surface area contributed by atoms with E-state index in [0.29, 0.717) is 0 Å². The highest BCUT2D eigenvalue weighted by Crippen LogP contribution is 2.68. The maximum absolute atomic E-state index is 2.72. The number of allylic oxidation sites excluding steroid dienone is 16. The maximum atomic E-state index is 2.72. The first-order valence-electron chi connectivity index (χ1n) is 22.2. The van der Waals surface area contributed by atoms with Gasteiger partial charge in [0.1, 0.15) is 0 Å². The highest BCUT2D eigenvalue weighted by Gasteiger charge is 2.60.